The Bertz CT molecular complexity index is 640. The Kier molecular flexibility index (Phi) is 4.30. The molecule has 4 heteroatoms. The van der Waals surface area contributed by atoms with Crippen molar-refractivity contribution in [3.05, 3.63) is 64.2 Å². The lowest BCUT2D eigenvalue weighted by Crippen LogP contribution is -2.27. The number of carbonyl (C=O) groups is 1. The fourth-order valence-electron chi connectivity index (χ4n) is 2.04. The molecule has 20 heavy (non-hydrogen) atoms. The van der Waals surface area contributed by atoms with Gasteiger partial charge in [0.05, 0.1) is 16.3 Å². The summed E-state index contributed by atoms with van der Waals surface area (Å²) in [6.45, 7) is 2.57. The second-order valence-electron chi connectivity index (χ2n) is 4.79. The lowest BCUT2D eigenvalue weighted by atomic mass is 10.1. The van der Waals surface area contributed by atoms with Crippen molar-refractivity contribution in [1.82, 2.24) is 4.90 Å². The van der Waals surface area contributed by atoms with Gasteiger partial charge in [0, 0.05) is 13.6 Å². The fraction of sp³-hybridized carbons (Fsp3) is 0.188. The molecule has 0 bridgehead atoms. The van der Waals surface area contributed by atoms with Crippen LogP contribution < -0.4 is 5.73 Å². The molecule has 2 rings (SSSR count). The maximum Gasteiger partial charge on any atom is 0.256 e. The number of hydrogen-bond acceptors (Lipinski definition) is 2. The average Bonchev–Trinajstić information content (AvgIpc) is 2.43. The summed E-state index contributed by atoms with van der Waals surface area (Å²) >= 11 is 5.95. The number of aryl methyl sites for hydroxylation is 1. The zero-order valence-corrected chi connectivity index (χ0v) is 12.3. The molecule has 0 saturated carbocycles. The van der Waals surface area contributed by atoms with Crippen LogP contribution in [-0.4, -0.2) is 17.9 Å². The van der Waals surface area contributed by atoms with Crippen LogP contribution in [0.1, 0.15) is 21.5 Å². The summed E-state index contributed by atoms with van der Waals surface area (Å²) in [7, 11) is 1.76. The number of anilines is 1. The number of nitrogen functional groups attached to an aromatic ring is 1. The van der Waals surface area contributed by atoms with Gasteiger partial charge in [-0.2, -0.15) is 0 Å². The van der Waals surface area contributed by atoms with Crippen LogP contribution in [0, 0.1) is 6.92 Å². The summed E-state index contributed by atoms with van der Waals surface area (Å²) in [6.07, 6.45) is 0. The summed E-state index contributed by atoms with van der Waals surface area (Å²) < 4.78 is 0. The van der Waals surface area contributed by atoms with Crippen molar-refractivity contribution in [2.75, 3.05) is 12.8 Å². The number of carbonyl (C=O) groups excluding carboxylic acids is 1. The fourth-order valence-corrected chi connectivity index (χ4v) is 2.22. The topological polar surface area (TPSA) is 46.3 Å². The first-order valence-electron chi connectivity index (χ1n) is 6.34. The monoisotopic (exact) mass is 288 g/mol. The molecule has 0 saturated heterocycles. The summed E-state index contributed by atoms with van der Waals surface area (Å²) in [5.41, 5.74) is 8.91. The van der Waals surface area contributed by atoms with Gasteiger partial charge in [-0.1, -0.05) is 41.9 Å². The van der Waals surface area contributed by atoms with Crippen LogP contribution >= 0.6 is 11.6 Å². The van der Waals surface area contributed by atoms with E-state index in [0.29, 0.717) is 22.8 Å². The summed E-state index contributed by atoms with van der Waals surface area (Å²) in [5.74, 6) is -0.131. The zero-order valence-electron chi connectivity index (χ0n) is 11.6. The van der Waals surface area contributed by atoms with E-state index < -0.39 is 0 Å². The molecule has 2 aromatic rings. The highest BCUT2D eigenvalue weighted by atomic mass is 35.5. The minimum atomic E-state index is -0.131. The van der Waals surface area contributed by atoms with Gasteiger partial charge < -0.3 is 10.6 Å². The highest BCUT2D eigenvalue weighted by Gasteiger charge is 2.16. The quantitative estimate of drug-likeness (QED) is 0.879. The normalized spacial score (nSPS) is 10.3. The van der Waals surface area contributed by atoms with Crippen LogP contribution in [0.4, 0.5) is 5.69 Å². The van der Waals surface area contributed by atoms with Crippen LogP contribution in [0.3, 0.4) is 0 Å². The highest BCUT2D eigenvalue weighted by molar-refractivity contribution is 6.33. The predicted molar refractivity (Wildman–Crippen MR) is 82.8 cm³/mol. The molecule has 0 aliphatic rings. The van der Waals surface area contributed by atoms with Crippen molar-refractivity contribution in [3.8, 4) is 0 Å². The minimum absolute atomic E-state index is 0.131. The largest absolute Gasteiger partial charge is 0.397 e. The lowest BCUT2D eigenvalue weighted by molar-refractivity contribution is 0.0786. The first kappa shape index (κ1) is 14.4. The number of rotatable bonds is 3. The van der Waals surface area contributed by atoms with Gasteiger partial charge in [0.15, 0.2) is 0 Å². The van der Waals surface area contributed by atoms with Crippen LogP contribution in [0.2, 0.25) is 5.02 Å². The van der Waals surface area contributed by atoms with E-state index in [1.54, 1.807) is 30.1 Å². The van der Waals surface area contributed by atoms with E-state index in [-0.39, 0.29) is 5.91 Å². The lowest BCUT2D eigenvalue weighted by Gasteiger charge is -2.19. The Morgan fingerprint density at radius 3 is 2.60 bits per heavy atom. The van der Waals surface area contributed by atoms with Crippen molar-refractivity contribution in [3.63, 3.8) is 0 Å². The number of nitrogens with two attached hydrogens (primary N) is 1. The van der Waals surface area contributed by atoms with E-state index in [1.807, 2.05) is 31.2 Å². The molecule has 0 radical (unpaired) electrons. The van der Waals surface area contributed by atoms with Crippen molar-refractivity contribution in [2.45, 2.75) is 13.5 Å². The van der Waals surface area contributed by atoms with Gasteiger partial charge in [-0.15, -0.1) is 0 Å². The van der Waals surface area contributed by atoms with Gasteiger partial charge in [-0.3, -0.25) is 4.79 Å². The Hall–Kier alpha value is -2.00. The minimum Gasteiger partial charge on any atom is -0.397 e. The van der Waals surface area contributed by atoms with Crippen LogP contribution in [0.15, 0.2) is 42.5 Å². The average molecular weight is 289 g/mol. The maximum absolute atomic E-state index is 12.4. The maximum atomic E-state index is 12.4. The van der Waals surface area contributed by atoms with Gasteiger partial charge in [0.25, 0.3) is 5.91 Å². The van der Waals surface area contributed by atoms with Crippen LogP contribution in [-0.2, 0) is 6.54 Å². The molecular weight excluding hydrogens is 272 g/mol. The van der Waals surface area contributed by atoms with E-state index in [9.17, 15) is 4.79 Å². The van der Waals surface area contributed by atoms with Gasteiger partial charge in [0.1, 0.15) is 0 Å². The molecule has 1 amide bonds. The number of amides is 1. The standard InChI is InChI=1S/C16H17ClN2O/c1-11-6-3-4-7-12(11)10-19(2)16(20)13-8-5-9-14(17)15(13)18/h3-9H,10,18H2,1-2H3. The van der Waals surface area contributed by atoms with E-state index in [4.69, 9.17) is 17.3 Å². The summed E-state index contributed by atoms with van der Waals surface area (Å²) in [5, 5.41) is 0.403. The van der Waals surface area contributed by atoms with Gasteiger partial charge >= 0.3 is 0 Å². The zero-order chi connectivity index (χ0) is 14.7. The van der Waals surface area contributed by atoms with Gasteiger partial charge in [-0.25, -0.2) is 0 Å². The third-order valence-electron chi connectivity index (χ3n) is 3.30. The molecule has 0 aliphatic carbocycles. The SMILES string of the molecule is Cc1ccccc1CN(C)C(=O)c1cccc(Cl)c1N. The molecule has 2 N–H and O–H groups in total. The van der Waals surface area contributed by atoms with E-state index in [0.717, 1.165) is 11.1 Å². The third-order valence-corrected chi connectivity index (χ3v) is 3.63. The Morgan fingerprint density at radius 2 is 1.90 bits per heavy atom. The number of para-hydroxylation sites is 1. The highest BCUT2D eigenvalue weighted by Crippen LogP contribution is 2.24. The molecule has 0 fully saturated rings. The summed E-state index contributed by atoms with van der Waals surface area (Å²) in [4.78, 5) is 14.1. The number of hydrogen-bond donors (Lipinski definition) is 1. The number of nitrogens with zero attached hydrogens (tertiary/aromatic N) is 1. The predicted octanol–water partition coefficient (Wildman–Crippen LogP) is 3.50. The second kappa shape index (κ2) is 5.97. The first-order valence-corrected chi connectivity index (χ1v) is 6.72. The Morgan fingerprint density at radius 1 is 1.20 bits per heavy atom. The van der Waals surface area contributed by atoms with Crippen molar-refractivity contribution in [1.29, 1.82) is 0 Å². The van der Waals surface area contributed by atoms with E-state index in [2.05, 4.69) is 0 Å². The molecule has 0 spiro atoms. The third kappa shape index (κ3) is 2.94. The smallest absolute Gasteiger partial charge is 0.256 e. The van der Waals surface area contributed by atoms with Gasteiger partial charge in [-0.05, 0) is 30.2 Å². The van der Waals surface area contributed by atoms with Crippen LogP contribution in [0.5, 0.6) is 0 Å². The second-order valence-corrected chi connectivity index (χ2v) is 5.20. The Balaban J connectivity index is 2.21. The molecule has 0 unspecified atom stereocenters. The van der Waals surface area contributed by atoms with E-state index >= 15 is 0 Å². The molecule has 0 atom stereocenters. The molecule has 0 aliphatic heterocycles. The molecule has 104 valence electrons. The van der Waals surface area contributed by atoms with Crippen molar-refractivity contribution < 1.29 is 4.79 Å². The van der Waals surface area contributed by atoms with Crippen molar-refractivity contribution >= 4 is 23.2 Å². The molecule has 0 aromatic heterocycles. The Labute approximate surface area is 124 Å². The van der Waals surface area contributed by atoms with Crippen molar-refractivity contribution in [2.24, 2.45) is 0 Å². The van der Waals surface area contributed by atoms with Gasteiger partial charge in [0.2, 0.25) is 0 Å². The van der Waals surface area contributed by atoms with Crippen LogP contribution in [0.25, 0.3) is 0 Å². The summed E-state index contributed by atoms with van der Waals surface area (Å²) in [6, 6.07) is 13.1. The molecule has 0 heterocycles. The number of benzene rings is 2. The molecular formula is C16H17ClN2O. The van der Waals surface area contributed by atoms with E-state index in [1.165, 1.54) is 0 Å². The molecule has 2 aromatic carbocycles. The first-order chi connectivity index (χ1) is 9.50. The number of halogens is 1. The molecule has 3 nitrogen and oxygen atoms in total.